The van der Waals surface area contributed by atoms with E-state index >= 15 is 0 Å². The molecule has 0 bridgehead atoms. The van der Waals surface area contributed by atoms with Crippen molar-refractivity contribution in [3.8, 4) is 42.3 Å². The summed E-state index contributed by atoms with van der Waals surface area (Å²) in [7, 11) is 0. The van der Waals surface area contributed by atoms with Gasteiger partial charge < -0.3 is 0 Å². The van der Waals surface area contributed by atoms with Gasteiger partial charge in [-0.3, -0.25) is 0 Å². The Morgan fingerprint density at radius 1 is 0.500 bits per heavy atom. The predicted molar refractivity (Wildman–Crippen MR) is 205 cm³/mol. The Bertz CT molecular complexity index is 2030. The maximum absolute atomic E-state index is 14.7. The molecule has 0 fully saturated rings. The first-order chi connectivity index (χ1) is 24.3. The van der Waals surface area contributed by atoms with Crippen LogP contribution in [-0.2, 0) is 19.3 Å². The first-order valence-electron chi connectivity index (χ1n) is 17.3. The molecule has 6 rings (SSSR count). The number of aryl methyl sites for hydroxylation is 3. The summed E-state index contributed by atoms with van der Waals surface area (Å²) in [5, 5.41) is 0. The van der Waals surface area contributed by atoms with Gasteiger partial charge >= 0.3 is 308 Å². The van der Waals surface area contributed by atoms with Crippen molar-refractivity contribution in [1.82, 2.24) is 0 Å². The van der Waals surface area contributed by atoms with Crippen molar-refractivity contribution in [1.29, 1.82) is 0 Å². The molecule has 0 saturated heterocycles. The summed E-state index contributed by atoms with van der Waals surface area (Å²) >= 11 is 0.121. The van der Waals surface area contributed by atoms with Crippen LogP contribution in [0.3, 0.4) is 0 Å². The fourth-order valence-corrected chi connectivity index (χ4v) is 9.85. The molecule has 50 heavy (non-hydrogen) atoms. The molecule has 0 aliphatic carbocycles. The third-order valence-corrected chi connectivity index (χ3v) is 13.4. The quantitative estimate of drug-likeness (QED) is 0.0904. The fraction of sp³-hybridized carbons (Fsp3) is 0.227. The zero-order valence-corrected chi connectivity index (χ0v) is 32.4. The van der Waals surface area contributed by atoms with Gasteiger partial charge in [0.25, 0.3) is 0 Å². The minimum atomic E-state index is -0.768. The SMILES string of the molecule is CCC=Cc1ccc(-c2ccc(-c3ccc(CC)cc3)c(F)c2F)[se]1.CCCCc1ccc(-c2ccc(-c3ccc(CC)cc3)c(F)c2F)[se]1. The molecule has 6 aromatic rings. The van der Waals surface area contributed by atoms with Crippen molar-refractivity contribution in [3.05, 3.63) is 146 Å². The monoisotopic (exact) mass is 806 g/mol. The van der Waals surface area contributed by atoms with E-state index in [9.17, 15) is 17.6 Å². The van der Waals surface area contributed by atoms with Crippen LogP contribution >= 0.6 is 0 Å². The Morgan fingerprint density at radius 2 is 0.960 bits per heavy atom. The standard InChI is InChI=1S/C22H22F2Se.C22H20F2Se/c2*1-3-5-6-17-11-14-20(25-17)19-13-12-18(21(23)22(19)24)16-9-7-15(4-2)8-10-16/h7-14H,3-6H2,1-2H3;5-14H,3-4H2,1-2H3. The predicted octanol–water partition coefficient (Wildman–Crippen LogP) is 12.6. The summed E-state index contributed by atoms with van der Waals surface area (Å²) < 4.78 is 63.1. The van der Waals surface area contributed by atoms with Crippen LogP contribution in [-0.4, -0.2) is 29.0 Å². The molecule has 0 N–H and O–H groups in total. The molecule has 2 aromatic heterocycles. The van der Waals surface area contributed by atoms with Gasteiger partial charge in [0.2, 0.25) is 0 Å². The summed E-state index contributed by atoms with van der Waals surface area (Å²) in [6.07, 6.45) is 10.3. The first-order valence-corrected chi connectivity index (χ1v) is 20.7. The third kappa shape index (κ3) is 8.97. The summed E-state index contributed by atoms with van der Waals surface area (Å²) in [6.45, 7) is 8.38. The van der Waals surface area contributed by atoms with E-state index < -0.39 is 23.3 Å². The Balaban J connectivity index is 0.000000194. The van der Waals surface area contributed by atoms with Crippen molar-refractivity contribution in [2.24, 2.45) is 0 Å². The van der Waals surface area contributed by atoms with Gasteiger partial charge in [0.05, 0.1) is 0 Å². The van der Waals surface area contributed by atoms with Crippen molar-refractivity contribution < 1.29 is 17.6 Å². The van der Waals surface area contributed by atoms with Crippen molar-refractivity contribution in [2.45, 2.75) is 66.2 Å². The summed E-state index contributed by atoms with van der Waals surface area (Å²) in [5.41, 5.74) is 5.22. The Labute approximate surface area is 306 Å². The van der Waals surface area contributed by atoms with Crippen LogP contribution in [0.4, 0.5) is 17.6 Å². The Kier molecular flexibility index (Phi) is 13.5. The number of halogens is 4. The molecule has 0 aliphatic rings. The van der Waals surface area contributed by atoms with Crippen LogP contribution < -0.4 is 0 Å². The van der Waals surface area contributed by atoms with Gasteiger partial charge in [0, 0.05) is 0 Å². The van der Waals surface area contributed by atoms with E-state index in [2.05, 4.69) is 45.9 Å². The molecule has 0 saturated carbocycles. The van der Waals surface area contributed by atoms with E-state index in [0.717, 1.165) is 47.4 Å². The van der Waals surface area contributed by atoms with Gasteiger partial charge in [-0.2, -0.15) is 0 Å². The van der Waals surface area contributed by atoms with Gasteiger partial charge in [0.1, 0.15) is 0 Å². The average molecular weight is 805 g/mol. The van der Waals surface area contributed by atoms with E-state index in [0.29, 0.717) is 33.4 Å². The number of hydrogen-bond acceptors (Lipinski definition) is 0. The van der Waals surface area contributed by atoms with E-state index in [1.807, 2.05) is 66.7 Å². The zero-order chi connectivity index (χ0) is 35.6. The van der Waals surface area contributed by atoms with Crippen LogP contribution in [0.25, 0.3) is 48.3 Å². The van der Waals surface area contributed by atoms with E-state index in [4.69, 9.17) is 0 Å². The molecular formula is C44H42F4Se2. The molecule has 0 aliphatic heterocycles. The second-order valence-electron chi connectivity index (χ2n) is 12.1. The van der Waals surface area contributed by atoms with E-state index in [1.165, 1.54) is 20.0 Å². The average Bonchev–Trinajstić information content (AvgIpc) is 3.83. The van der Waals surface area contributed by atoms with Crippen LogP contribution in [0.2, 0.25) is 0 Å². The molecule has 4 aromatic carbocycles. The molecule has 2 heterocycles. The molecule has 0 amide bonds. The van der Waals surface area contributed by atoms with Gasteiger partial charge in [-0.05, 0) is 0 Å². The van der Waals surface area contributed by atoms with E-state index in [-0.39, 0.29) is 29.0 Å². The topological polar surface area (TPSA) is 0 Å². The molecule has 258 valence electrons. The number of rotatable bonds is 11. The number of hydrogen-bond donors (Lipinski definition) is 0. The van der Waals surface area contributed by atoms with Crippen LogP contribution in [0, 0.1) is 23.3 Å². The van der Waals surface area contributed by atoms with Crippen molar-refractivity contribution >= 4 is 35.1 Å². The fourth-order valence-electron chi connectivity index (χ4n) is 5.59. The van der Waals surface area contributed by atoms with E-state index in [1.54, 1.807) is 24.3 Å². The van der Waals surface area contributed by atoms with Crippen LogP contribution in [0.1, 0.15) is 67.0 Å². The van der Waals surface area contributed by atoms with Gasteiger partial charge in [0.15, 0.2) is 0 Å². The van der Waals surface area contributed by atoms with Crippen LogP contribution in [0.15, 0.2) is 103 Å². The first kappa shape index (κ1) is 37.6. The summed E-state index contributed by atoms with van der Waals surface area (Å²) in [6, 6.07) is 30.0. The molecule has 0 nitrogen and oxygen atoms in total. The second kappa shape index (κ2) is 18.0. The number of allylic oxidation sites excluding steroid dienone is 1. The molecule has 0 atom stereocenters. The van der Waals surface area contributed by atoms with Crippen molar-refractivity contribution in [3.63, 3.8) is 0 Å². The maximum atomic E-state index is 14.7. The Morgan fingerprint density at radius 3 is 1.44 bits per heavy atom. The second-order valence-corrected chi connectivity index (χ2v) is 16.9. The van der Waals surface area contributed by atoms with Gasteiger partial charge in [-0.15, -0.1) is 0 Å². The molecule has 0 spiro atoms. The summed E-state index contributed by atoms with van der Waals surface area (Å²) in [5.74, 6) is -2.99. The minimum absolute atomic E-state index is 0.0171. The third-order valence-electron chi connectivity index (χ3n) is 8.62. The van der Waals surface area contributed by atoms with Gasteiger partial charge in [-0.1, -0.05) is 0 Å². The summed E-state index contributed by atoms with van der Waals surface area (Å²) in [4.78, 5) is 0. The normalized spacial score (nSPS) is 11.2. The number of unbranched alkanes of at least 4 members (excludes halogenated alkanes) is 1. The number of benzene rings is 4. The Hall–Kier alpha value is -3.66. The van der Waals surface area contributed by atoms with Crippen LogP contribution in [0.5, 0.6) is 0 Å². The molecular weight excluding hydrogens is 762 g/mol. The molecule has 6 heteroatoms. The molecule has 0 radical (unpaired) electrons. The zero-order valence-electron chi connectivity index (χ0n) is 29.0. The molecule has 0 unspecified atom stereocenters. The van der Waals surface area contributed by atoms with Gasteiger partial charge in [-0.25, -0.2) is 0 Å². The van der Waals surface area contributed by atoms with Crippen molar-refractivity contribution in [2.75, 3.05) is 0 Å².